The first-order chi connectivity index (χ1) is 7.34. The molecular formula is C12H19NO2. The molecule has 1 unspecified atom stereocenters. The van der Waals surface area contributed by atoms with Crippen molar-refractivity contribution in [1.29, 1.82) is 0 Å². The normalized spacial score (nSPS) is 21.8. The smallest absolute Gasteiger partial charge is 0.129 e. The van der Waals surface area contributed by atoms with E-state index in [2.05, 4.69) is 5.32 Å². The van der Waals surface area contributed by atoms with Gasteiger partial charge in [-0.15, -0.1) is 0 Å². The van der Waals surface area contributed by atoms with Crippen molar-refractivity contribution in [3.05, 3.63) is 23.7 Å². The van der Waals surface area contributed by atoms with Gasteiger partial charge in [0, 0.05) is 6.04 Å². The molecule has 0 bridgehead atoms. The average molecular weight is 209 g/mol. The Labute approximate surface area is 90.8 Å². The molecule has 1 fully saturated rings. The van der Waals surface area contributed by atoms with Gasteiger partial charge in [0.15, 0.2) is 0 Å². The summed E-state index contributed by atoms with van der Waals surface area (Å²) >= 11 is 0. The number of ether oxygens (including phenoxy) is 1. The fourth-order valence-electron chi connectivity index (χ4n) is 1.93. The highest BCUT2D eigenvalue weighted by Gasteiger charge is 2.12. The number of nitrogens with one attached hydrogen (secondary N) is 1. The molecule has 1 aromatic rings. The Morgan fingerprint density at radius 3 is 3.07 bits per heavy atom. The molecule has 1 aromatic heterocycles. The van der Waals surface area contributed by atoms with Crippen LogP contribution in [0.15, 0.2) is 16.5 Å². The second-order valence-electron chi connectivity index (χ2n) is 4.17. The van der Waals surface area contributed by atoms with Gasteiger partial charge in [-0.05, 0) is 38.4 Å². The Bertz CT molecular complexity index is 290. The second-order valence-corrected chi connectivity index (χ2v) is 4.17. The number of hydrogen-bond donors (Lipinski definition) is 1. The summed E-state index contributed by atoms with van der Waals surface area (Å²) in [6, 6.07) is 4.48. The number of rotatable bonds is 4. The molecule has 1 aliphatic heterocycles. The van der Waals surface area contributed by atoms with Gasteiger partial charge in [0.1, 0.15) is 18.1 Å². The molecule has 2 heterocycles. The lowest BCUT2D eigenvalue weighted by Gasteiger charge is -2.22. The fraction of sp³-hybridized carbons (Fsp3) is 0.667. The van der Waals surface area contributed by atoms with Gasteiger partial charge in [0.25, 0.3) is 0 Å². The molecule has 0 spiro atoms. The summed E-state index contributed by atoms with van der Waals surface area (Å²) in [4.78, 5) is 0. The molecule has 0 saturated carbocycles. The monoisotopic (exact) mass is 209 g/mol. The van der Waals surface area contributed by atoms with Crippen molar-refractivity contribution >= 4 is 0 Å². The summed E-state index contributed by atoms with van der Waals surface area (Å²) in [6.45, 7) is 4.46. The molecular weight excluding hydrogens is 190 g/mol. The lowest BCUT2D eigenvalue weighted by atomic mass is 10.1. The average Bonchev–Trinajstić information content (AvgIpc) is 2.66. The minimum absolute atomic E-state index is 0.537. The van der Waals surface area contributed by atoms with Crippen LogP contribution >= 0.6 is 0 Å². The van der Waals surface area contributed by atoms with Gasteiger partial charge in [-0.3, -0.25) is 0 Å². The number of aryl methyl sites for hydroxylation is 1. The molecule has 0 aliphatic carbocycles. The van der Waals surface area contributed by atoms with Crippen LogP contribution in [-0.2, 0) is 11.3 Å². The Hall–Kier alpha value is -0.800. The highest BCUT2D eigenvalue weighted by atomic mass is 16.5. The molecule has 1 atom stereocenters. The van der Waals surface area contributed by atoms with Crippen LogP contribution in [0.25, 0.3) is 0 Å². The maximum absolute atomic E-state index is 5.62. The van der Waals surface area contributed by atoms with Gasteiger partial charge in [-0.25, -0.2) is 0 Å². The van der Waals surface area contributed by atoms with E-state index in [0.29, 0.717) is 12.6 Å². The molecule has 2 rings (SSSR count). The number of furan rings is 1. The van der Waals surface area contributed by atoms with E-state index in [1.54, 1.807) is 0 Å². The van der Waals surface area contributed by atoms with E-state index in [1.165, 1.54) is 19.3 Å². The molecule has 15 heavy (non-hydrogen) atoms. The van der Waals surface area contributed by atoms with Crippen molar-refractivity contribution in [1.82, 2.24) is 5.32 Å². The minimum atomic E-state index is 0.537. The molecule has 3 heteroatoms. The van der Waals surface area contributed by atoms with Crippen LogP contribution in [0, 0.1) is 6.92 Å². The van der Waals surface area contributed by atoms with E-state index < -0.39 is 0 Å². The van der Waals surface area contributed by atoms with E-state index >= 15 is 0 Å². The zero-order valence-corrected chi connectivity index (χ0v) is 9.29. The van der Waals surface area contributed by atoms with Gasteiger partial charge in [0.05, 0.1) is 6.61 Å². The van der Waals surface area contributed by atoms with E-state index in [9.17, 15) is 0 Å². The summed E-state index contributed by atoms with van der Waals surface area (Å²) in [5.74, 6) is 1.87. The molecule has 84 valence electrons. The SMILES string of the molecule is Cc1ccc(COCC2CCCCN2)o1. The molecule has 0 aromatic carbocycles. The van der Waals surface area contributed by atoms with Gasteiger partial charge in [-0.2, -0.15) is 0 Å². The van der Waals surface area contributed by atoms with E-state index in [4.69, 9.17) is 9.15 Å². The van der Waals surface area contributed by atoms with Crippen molar-refractivity contribution in [2.75, 3.05) is 13.2 Å². The minimum Gasteiger partial charge on any atom is -0.464 e. The quantitative estimate of drug-likeness (QED) is 0.826. The summed E-state index contributed by atoms with van der Waals surface area (Å²) in [5.41, 5.74) is 0. The van der Waals surface area contributed by atoms with Gasteiger partial charge < -0.3 is 14.5 Å². The lowest BCUT2D eigenvalue weighted by Crippen LogP contribution is -2.37. The topological polar surface area (TPSA) is 34.4 Å². The molecule has 1 N–H and O–H groups in total. The van der Waals surface area contributed by atoms with Crippen LogP contribution in [0.5, 0.6) is 0 Å². The predicted octanol–water partition coefficient (Wildman–Crippen LogP) is 2.25. The van der Waals surface area contributed by atoms with Gasteiger partial charge in [-0.1, -0.05) is 6.42 Å². The Balaban J connectivity index is 1.65. The molecule has 1 aliphatic rings. The van der Waals surface area contributed by atoms with Crippen LogP contribution in [0.4, 0.5) is 0 Å². The molecule has 3 nitrogen and oxygen atoms in total. The summed E-state index contributed by atoms with van der Waals surface area (Å²) < 4.78 is 11.0. The van der Waals surface area contributed by atoms with Crippen LogP contribution in [-0.4, -0.2) is 19.2 Å². The number of piperidine rings is 1. The third-order valence-electron chi connectivity index (χ3n) is 2.77. The van der Waals surface area contributed by atoms with Gasteiger partial charge >= 0.3 is 0 Å². The first-order valence-electron chi connectivity index (χ1n) is 5.71. The number of hydrogen-bond acceptors (Lipinski definition) is 3. The third-order valence-corrected chi connectivity index (χ3v) is 2.77. The lowest BCUT2D eigenvalue weighted by molar-refractivity contribution is 0.0792. The van der Waals surface area contributed by atoms with E-state index in [-0.39, 0.29) is 0 Å². The van der Waals surface area contributed by atoms with Gasteiger partial charge in [0.2, 0.25) is 0 Å². The summed E-state index contributed by atoms with van der Waals surface area (Å²) in [5, 5.41) is 3.45. The molecule has 0 radical (unpaired) electrons. The summed E-state index contributed by atoms with van der Waals surface area (Å²) in [6.07, 6.45) is 3.85. The Morgan fingerprint density at radius 2 is 2.40 bits per heavy atom. The largest absolute Gasteiger partial charge is 0.464 e. The van der Waals surface area contributed by atoms with E-state index in [0.717, 1.165) is 24.7 Å². The third kappa shape index (κ3) is 3.36. The van der Waals surface area contributed by atoms with Crippen LogP contribution in [0.2, 0.25) is 0 Å². The van der Waals surface area contributed by atoms with Crippen LogP contribution in [0.3, 0.4) is 0 Å². The van der Waals surface area contributed by atoms with Crippen molar-refractivity contribution in [3.8, 4) is 0 Å². The summed E-state index contributed by atoms with van der Waals surface area (Å²) in [7, 11) is 0. The van der Waals surface area contributed by atoms with Crippen molar-refractivity contribution < 1.29 is 9.15 Å². The van der Waals surface area contributed by atoms with Crippen molar-refractivity contribution in [3.63, 3.8) is 0 Å². The first-order valence-corrected chi connectivity index (χ1v) is 5.71. The maximum atomic E-state index is 5.62. The highest BCUT2D eigenvalue weighted by molar-refractivity contribution is 5.04. The van der Waals surface area contributed by atoms with E-state index in [1.807, 2.05) is 19.1 Å². The first kappa shape index (κ1) is 10.7. The standard InChI is InChI=1S/C12H19NO2/c1-10-5-6-12(15-10)9-14-8-11-4-2-3-7-13-11/h5-6,11,13H,2-4,7-9H2,1H3. The Kier molecular flexibility index (Phi) is 3.80. The maximum Gasteiger partial charge on any atom is 0.129 e. The molecule has 1 saturated heterocycles. The van der Waals surface area contributed by atoms with Crippen LogP contribution < -0.4 is 5.32 Å². The second kappa shape index (κ2) is 5.33. The predicted molar refractivity (Wildman–Crippen MR) is 58.7 cm³/mol. The zero-order valence-electron chi connectivity index (χ0n) is 9.29. The highest BCUT2D eigenvalue weighted by Crippen LogP contribution is 2.10. The Morgan fingerprint density at radius 1 is 1.47 bits per heavy atom. The van der Waals surface area contributed by atoms with Crippen molar-refractivity contribution in [2.24, 2.45) is 0 Å². The van der Waals surface area contributed by atoms with Crippen molar-refractivity contribution in [2.45, 2.75) is 38.8 Å². The fourth-order valence-corrected chi connectivity index (χ4v) is 1.93. The van der Waals surface area contributed by atoms with Crippen LogP contribution in [0.1, 0.15) is 30.8 Å². The molecule has 0 amide bonds. The zero-order chi connectivity index (χ0) is 10.5.